The lowest BCUT2D eigenvalue weighted by atomic mass is 10.1. The van der Waals surface area contributed by atoms with Crippen LogP contribution in [-0.2, 0) is 6.42 Å². The lowest BCUT2D eigenvalue weighted by Gasteiger charge is -2.06. The molecule has 1 fully saturated rings. The fourth-order valence-corrected chi connectivity index (χ4v) is 3.29. The summed E-state index contributed by atoms with van der Waals surface area (Å²) in [5.41, 5.74) is 3.64. The molecule has 0 saturated carbocycles. The molecular formula is C15H18N2S. The second-order valence-corrected chi connectivity index (χ2v) is 5.93. The number of hydrogen-bond acceptors (Lipinski definition) is 3. The van der Waals surface area contributed by atoms with Crippen molar-refractivity contribution in [2.75, 3.05) is 6.54 Å². The zero-order valence-corrected chi connectivity index (χ0v) is 11.5. The largest absolute Gasteiger partial charge is 0.314 e. The van der Waals surface area contributed by atoms with E-state index in [9.17, 15) is 0 Å². The van der Waals surface area contributed by atoms with Crippen LogP contribution in [0.2, 0.25) is 0 Å². The van der Waals surface area contributed by atoms with Crippen molar-refractivity contribution in [2.45, 2.75) is 32.2 Å². The minimum atomic E-state index is 0.641. The van der Waals surface area contributed by atoms with Crippen LogP contribution in [0.15, 0.2) is 29.6 Å². The van der Waals surface area contributed by atoms with Crippen molar-refractivity contribution < 1.29 is 0 Å². The van der Waals surface area contributed by atoms with Gasteiger partial charge < -0.3 is 5.32 Å². The van der Waals surface area contributed by atoms with Gasteiger partial charge in [-0.25, -0.2) is 4.98 Å². The number of aryl methyl sites for hydroxylation is 1. The van der Waals surface area contributed by atoms with Crippen molar-refractivity contribution in [1.82, 2.24) is 10.3 Å². The van der Waals surface area contributed by atoms with Crippen LogP contribution < -0.4 is 5.32 Å². The van der Waals surface area contributed by atoms with Gasteiger partial charge in [-0.15, -0.1) is 11.3 Å². The number of hydrogen-bond donors (Lipinski definition) is 1. The van der Waals surface area contributed by atoms with Crippen LogP contribution in [-0.4, -0.2) is 17.6 Å². The van der Waals surface area contributed by atoms with Gasteiger partial charge in [0.2, 0.25) is 0 Å². The molecule has 1 aromatic carbocycles. The summed E-state index contributed by atoms with van der Waals surface area (Å²) in [6.45, 7) is 3.28. The average molecular weight is 258 g/mol. The summed E-state index contributed by atoms with van der Waals surface area (Å²) in [4.78, 5) is 4.75. The topological polar surface area (TPSA) is 24.9 Å². The van der Waals surface area contributed by atoms with Crippen LogP contribution in [0.1, 0.15) is 23.4 Å². The van der Waals surface area contributed by atoms with Crippen molar-refractivity contribution in [2.24, 2.45) is 0 Å². The fourth-order valence-electron chi connectivity index (χ4n) is 2.40. The van der Waals surface area contributed by atoms with Crippen LogP contribution in [0.3, 0.4) is 0 Å². The molecule has 3 rings (SSSR count). The zero-order valence-electron chi connectivity index (χ0n) is 10.6. The number of thiazole rings is 1. The quantitative estimate of drug-likeness (QED) is 0.912. The molecule has 2 nitrogen and oxygen atoms in total. The van der Waals surface area contributed by atoms with E-state index in [-0.39, 0.29) is 0 Å². The third kappa shape index (κ3) is 2.62. The number of aromatic nitrogens is 1. The molecule has 1 aliphatic rings. The van der Waals surface area contributed by atoms with Gasteiger partial charge in [-0.2, -0.15) is 0 Å². The molecule has 1 atom stereocenters. The number of nitrogens with one attached hydrogen (secondary N) is 1. The Hall–Kier alpha value is -1.19. The maximum atomic E-state index is 4.75. The first kappa shape index (κ1) is 11.9. The minimum Gasteiger partial charge on any atom is -0.314 e. The summed E-state index contributed by atoms with van der Waals surface area (Å²) in [7, 11) is 0. The lowest BCUT2D eigenvalue weighted by Crippen LogP contribution is -2.23. The standard InChI is InChI=1S/C15H18N2S/c1-11-4-6-12(7-5-11)14-10-18-15(17-14)9-13-3-2-8-16-13/h4-7,10,13,16H,2-3,8-9H2,1H3. The van der Waals surface area contributed by atoms with Gasteiger partial charge in [0.05, 0.1) is 10.7 Å². The molecule has 1 N–H and O–H groups in total. The molecule has 0 bridgehead atoms. The molecule has 1 aliphatic heterocycles. The maximum Gasteiger partial charge on any atom is 0.0948 e. The summed E-state index contributed by atoms with van der Waals surface area (Å²) in [6, 6.07) is 9.24. The highest BCUT2D eigenvalue weighted by atomic mass is 32.1. The molecule has 3 heteroatoms. The van der Waals surface area contributed by atoms with Gasteiger partial charge in [-0.3, -0.25) is 0 Å². The molecule has 2 aromatic rings. The highest BCUT2D eigenvalue weighted by Crippen LogP contribution is 2.24. The predicted molar refractivity (Wildman–Crippen MR) is 77.0 cm³/mol. The van der Waals surface area contributed by atoms with Gasteiger partial charge in [-0.1, -0.05) is 29.8 Å². The second kappa shape index (κ2) is 5.21. The van der Waals surface area contributed by atoms with Crippen LogP contribution in [0.25, 0.3) is 11.3 Å². The Kier molecular flexibility index (Phi) is 3.43. The van der Waals surface area contributed by atoms with Crippen molar-refractivity contribution in [3.63, 3.8) is 0 Å². The molecule has 2 heterocycles. The third-order valence-corrected chi connectivity index (χ3v) is 4.35. The molecule has 1 unspecified atom stereocenters. The Morgan fingerprint density at radius 3 is 2.89 bits per heavy atom. The number of nitrogens with zero attached hydrogens (tertiary/aromatic N) is 1. The van der Waals surface area contributed by atoms with E-state index in [1.54, 1.807) is 11.3 Å². The first-order chi connectivity index (χ1) is 8.81. The van der Waals surface area contributed by atoms with Gasteiger partial charge >= 0.3 is 0 Å². The highest BCUT2D eigenvalue weighted by molar-refractivity contribution is 7.09. The molecular weight excluding hydrogens is 240 g/mol. The van der Waals surface area contributed by atoms with Crippen molar-refractivity contribution in [1.29, 1.82) is 0 Å². The molecule has 0 spiro atoms. The van der Waals surface area contributed by atoms with E-state index in [1.807, 2.05) is 0 Å². The minimum absolute atomic E-state index is 0.641. The van der Waals surface area contributed by atoms with E-state index < -0.39 is 0 Å². The normalized spacial score (nSPS) is 19.3. The summed E-state index contributed by atoms with van der Waals surface area (Å²) in [5, 5.41) is 6.96. The Morgan fingerprint density at radius 2 is 2.17 bits per heavy atom. The van der Waals surface area contributed by atoms with E-state index in [1.165, 1.54) is 35.5 Å². The van der Waals surface area contributed by atoms with Crippen LogP contribution in [0.4, 0.5) is 0 Å². The summed E-state index contributed by atoms with van der Waals surface area (Å²) in [5.74, 6) is 0. The van der Waals surface area contributed by atoms with E-state index in [0.717, 1.165) is 12.1 Å². The molecule has 0 amide bonds. The Labute approximate surface area is 112 Å². The van der Waals surface area contributed by atoms with Crippen molar-refractivity contribution in [3.05, 3.63) is 40.2 Å². The van der Waals surface area contributed by atoms with Crippen molar-refractivity contribution >= 4 is 11.3 Å². The predicted octanol–water partition coefficient (Wildman–Crippen LogP) is 3.41. The first-order valence-electron chi connectivity index (χ1n) is 6.56. The highest BCUT2D eigenvalue weighted by Gasteiger charge is 2.16. The molecule has 1 saturated heterocycles. The number of benzene rings is 1. The summed E-state index contributed by atoms with van der Waals surface area (Å²) in [6.07, 6.45) is 3.68. The van der Waals surface area contributed by atoms with E-state index in [0.29, 0.717) is 6.04 Å². The Morgan fingerprint density at radius 1 is 1.33 bits per heavy atom. The Bertz CT molecular complexity index is 510. The number of rotatable bonds is 3. The van der Waals surface area contributed by atoms with Gasteiger partial charge in [0.1, 0.15) is 0 Å². The first-order valence-corrected chi connectivity index (χ1v) is 7.44. The second-order valence-electron chi connectivity index (χ2n) is 4.99. The van der Waals surface area contributed by atoms with Crippen LogP contribution in [0, 0.1) is 6.92 Å². The molecule has 18 heavy (non-hydrogen) atoms. The third-order valence-electron chi connectivity index (χ3n) is 3.48. The summed E-state index contributed by atoms with van der Waals surface area (Å²) < 4.78 is 0. The zero-order chi connectivity index (χ0) is 12.4. The van der Waals surface area contributed by atoms with Gasteiger partial charge in [0, 0.05) is 23.4 Å². The van der Waals surface area contributed by atoms with Crippen molar-refractivity contribution in [3.8, 4) is 11.3 Å². The molecule has 0 aliphatic carbocycles. The van der Waals surface area contributed by atoms with Gasteiger partial charge in [0.15, 0.2) is 0 Å². The van der Waals surface area contributed by atoms with Crippen LogP contribution in [0.5, 0.6) is 0 Å². The molecule has 1 aromatic heterocycles. The average Bonchev–Trinajstić information content (AvgIpc) is 3.02. The SMILES string of the molecule is Cc1ccc(-c2csc(CC3CCCN3)n2)cc1. The Balaban J connectivity index is 1.74. The lowest BCUT2D eigenvalue weighted by molar-refractivity contribution is 0.601. The monoisotopic (exact) mass is 258 g/mol. The fraction of sp³-hybridized carbons (Fsp3) is 0.400. The molecule has 0 radical (unpaired) electrons. The summed E-state index contributed by atoms with van der Waals surface area (Å²) >= 11 is 1.78. The smallest absolute Gasteiger partial charge is 0.0948 e. The van der Waals surface area contributed by atoms with E-state index >= 15 is 0 Å². The molecule has 94 valence electrons. The maximum absolute atomic E-state index is 4.75. The van der Waals surface area contributed by atoms with E-state index in [4.69, 9.17) is 4.98 Å². The van der Waals surface area contributed by atoms with Crippen LogP contribution >= 0.6 is 11.3 Å². The van der Waals surface area contributed by atoms with Gasteiger partial charge in [-0.05, 0) is 26.3 Å². The van der Waals surface area contributed by atoms with E-state index in [2.05, 4.69) is 41.9 Å². The van der Waals surface area contributed by atoms with Gasteiger partial charge in [0.25, 0.3) is 0 Å².